The Hall–Kier alpha value is -2.14. The number of para-hydroxylation sites is 1. The highest BCUT2D eigenvalue weighted by atomic mass is 32.3. The van der Waals surface area contributed by atoms with Crippen molar-refractivity contribution in [2.45, 2.75) is 6.42 Å². The summed E-state index contributed by atoms with van der Waals surface area (Å²) in [6.45, 7) is 2.05. The van der Waals surface area contributed by atoms with Gasteiger partial charge in [-0.15, -0.1) is 0 Å². The SMILES string of the molecule is COc1cc(CCN2C=C3CN(C)C=CS3(C)C2)nc2ccccc12. The predicted octanol–water partition coefficient (Wildman–Crippen LogP) is 3.75. The van der Waals surface area contributed by atoms with Gasteiger partial charge in [0.25, 0.3) is 0 Å². The molecule has 132 valence electrons. The fourth-order valence-corrected chi connectivity index (χ4v) is 6.21. The Balaban J connectivity index is 1.51. The number of fused-ring (bicyclic) bond motifs is 2. The average molecular weight is 356 g/mol. The van der Waals surface area contributed by atoms with E-state index in [0.29, 0.717) is 0 Å². The predicted molar refractivity (Wildman–Crippen MR) is 107 cm³/mol. The van der Waals surface area contributed by atoms with E-state index in [1.165, 1.54) is 0 Å². The van der Waals surface area contributed by atoms with Gasteiger partial charge in [0.15, 0.2) is 0 Å². The highest BCUT2D eigenvalue weighted by Crippen LogP contribution is 2.59. The van der Waals surface area contributed by atoms with Crippen LogP contribution < -0.4 is 4.74 Å². The summed E-state index contributed by atoms with van der Waals surface area (Å²) in [7, 11) is 3.11. The van der Waals surface area contributed by atoms with Crippen LogP contribution in [0.15, 0.2) is 53.0 Å². The van der Waals surface area contributed by atoms with Crippen LogP contribution in [-0.4, -0.2) is 54.2 Å². The fourth-order valence-electron chi connectivity index (χ4n) is 3.52. The molecule has 1 atom stereocenters. The first-order valence-electron chi connectivity index (χ1n) is 8.59. The minimum Gasteiger partial charge on any atom is -0.496 e. The molecule has 0 fully saturated rings. The van der Waals surface area contributed by atoms with Crippen LogP contribution in [0.1, 0.15) is 5.69 Å². The number of likely N-dealkylation sites (N-methyl/N-ethyl adjacent to an activating group) is 1. The third-order valence-corrected chi connectivity index (χ3v) is 8.01. The molecule has 3 heterocycles. The van der Waals surface area contributed by atoms with Crippen molar-refractivity contribution < 1.29 is 4.74 Å². The van der Waals surface area contributed by atoms with Crippen LogP contribution >= 0.6 is 10.0 Å². The van der Waals surface area contributed by atoms with Crippen LogP contribution in [0.25, 0.3) is 10.9 Å². The zero-order chi connectivity index (χ0) is 17.4. The molecule has 5 heteroatoms. The maximum Gasteiger partial charge on any atom is 0.130 e. The van der Waals surface area contributed by atoms with E-state index in [4.69, 9.17) is 9.72 Å². The van der Waals surface area contributed by atoms with Crippen molar-refractivity contribution in [3.63, 3.8) is 0 Å². The molecule has 0 radical (unpaired) electrons. The van der Waals surface area contributed by atoms with E-state index in [1.807, 2.05) is 12.1 Å². The molecule has 25 heavy (non-hydrogen) atoms. The van der Waals surface area contributed by atoms with E-state index in [9.17, 15) is 0 Å². The second-order valence-electron chi connectivity index (χ2n) is 6.98. The van der Waals surface area contributed by atoms with Gasteiger partial charge >= 0.3 is 0 Å². The summed E-state index contributed by atoms with van der Waals surface area (Å²) < 4.78 is 5.57. The first-order valence-corrected chi connectivity index (χ1v) is 10.9. The molecule has 1 aromatic heterocycles. The minimum absolute atomic E-state index is 0.760. The molecule has 4 nitrogen and oxygen atoms in total. The quantitative estimate of drug-likeness (QED) is 0.835. The third-order valence-electron chi connectivity index (χ3n) is 4.99. The summed E-state index contributed by atoms with van der Waals surface area (Å²) >= 11 is 0. The molecule has 1 unspecified atom stereocenters. The van der Waals surface area contributed by atoms with E-state index in [0.717, 1.165) is 47.7 Å². The van der Waals surface area contributed by atoms with Crippen molar-refractivity contribution in [1.29, 1.82) is 0 Å². The highest BCUT2D eigenvalue weighted by molar-refractivity contribution is 8.38. The first kappa shape index (κ1) is 16.3. The van der Waals surface area contributed by atoms with Crippen molar-refractivity contribution >= 4 is 20.9 Å². The number of hydrogen-bond donors (Lipinski definition) is 0. The summed E-state index contributed by atoms with van der Waals surface area (Å²) in [5, 5.41) is 3.49. The molecule has 0 bridgehead atoms. The molecule has 4 rings (SSSR count). The van der Waals surface area contributed by atoms with Gasteiger partial charge in [0, 0.05) is 61.0 Å². The molecule has 1 aromatic carbocycles. The monoisotopic (exact) mass is 355 g/mol. The molecule has 2 aliphatic heterocycles. The van der Waals surface area contributed by atoms with Gasteiger partial charge in [-0.1, -0.05) is 12.1 Å². The van der Waals surface area contributed by atoms with Gasteiger partial charge in [0.2, 0.25) is 0 Å². The number of rotatable bonds is 4. The maximum atomic E-state index is 5.57. The van der Waals surface area contributed by atoms with Crippen LogP contribution in [-0.2, 0) is 6.42 Å². The van der Waals surface area contributed by atoms with E-state index >= 15 is 0 Å². The number of ether oxygens (including phenoxy) is 1. The summed E-state index contributed by atoms with van der Waals surface area (Å²) in [5.41, 5.74) is 2.10. The van der Waals surface area contributed by atoms with E-state index < -0.39 is 10.0 Å². The lowest BCUT2D eigenvalue weighted by Crippen LogP contribution is -2.22. The van der Waals surface area contributed by atoms with Crippen LogP contribution in [0.5, 0.6) is 5.75 Å². The second-order valence-corrected chi connectivity index (χ2v) is 10.3. The lowest BCUT2D eigenvalue weighted by atomic mass is 10.1. The largest absolute Gasteiger partial charge is 0.496 e. The zero-order valence-electron chi connectivity index (χ0n) is 15.1. The van der Waals surface area contributed by atoms with Crippen LogP contribution in [0, 0.1) is 0 Å². The number of hydrogen-bond acceptors (Lipinski definition) is 4. The lowest BCUT2D eigenvalue weighted by Gasteiger charge is -2.37. The molecule has 0 saturated carbocycles. The molecule has 0 saturated heterocycles. The molecule has 0 aliphatic carbocycles. The molecule has 2 aliphatic rings. The van der Waals surface area contributed by atoms with Gasteiger partial charge in [-0.25, -0.2) is 0 Å². The van der Waals surface area contributed by atoms with Crippen molar-refractivity contribution in [3.05, 3.63) is 58.7 Å². The number of nitrogens with zero attached hydrogens (tertiary/aromatic N) is 3. The smallest absolute Gasteiger partial charge is 0.130 e. The van der Waals surface area contributed by atoms with Gasteiger partial charge < -0.3 is 14.5 Å². The Labute approximate surface area is 151 Å². The Kier molecular flexibility index (Phi) is 4.12. The van der Waals surface area contributed by atoms with Gasteiger partial charge in [-0.2, -0.15) is 10.0 Å². The standard InChI is InChI=1S/C20H25N3OS/c1-22-10-11-25(3)15-23(14-17(25)13-22)9-8-16-12-20(24-2)18-6-4-5-7-19(18)21-16/h4-7,10-12,14H,8-9,13,15H2,1-3H3. The Morgan fingerprint density at radius 2 is 2.12 bits per heavy atom. The Bertz CT molecular complexity index is 863. The van der Waals surface area contributed by atoms with Crippen molar-refractivity contribution in [1.82, 2.24) is 14.8 Å². The summed E-state index contributed by atoms with van der Waals surface area (Å²) in [6, 6.07) is 10.3. The average Bonchev–Trinajstić information content (AvgIpc) is 2.95. The number of aromatic nitrogens is 1. The van der Waals surface area contributed by atoms with E-state index in [-0.39, 0.29) is 0 Å². The second kappa shape index (κ2) is 6.30. The van der Waals surface area contributed by atoms with Crippen molar-refractivity contribution in [2.75, 3.05) is 39.4 Å². The number of pyridine rings is 1. The summed E-state index contributed by atoms with van der Waals surface area (Å²) in [4.78, 5) is 11.1. The molecule has 0 amide bonds. The Morgan fingerprint density at radius 1 is 1.28 bits per heavy atom. The van der Waals surface area contributed by atoms with Gasteiger partial charge in [0.1, 0.15) is 5.75 Å². The summed E-state index contributed by atoms with van der Waals surface area (Å²) in [6.07, 6.45) is 7.97. The lowest BCUT2D eigenvalue weighted by molar-refractivity contribution is 0.417. The van der Waals surface area contributed by atoms with Gasteiger partial charge in [-0.05, 0) is 23.8 Å². The van der Waals surface area contributed by atoms with E-state index in [1.54, 1.807) is 12.0 Å². The van der Waals surface area contributed by atoms with Gasteiger partial charge in [-0.3, -0.25) is 4.98 Å². The van der Waals surface area contributed by atoms with Crippen molar-refractivity contribution in [3.8, 4) is 5.75 Å². The maximum absolute atomic E-state index is 5.57. The zero-order valence-corrected chi connectivity index (χ0v) is 15.9. The van der Waals surface area contributed by atoms with Crippen LogP contribution in [0.2, 0.25) is 0 Å². The topological polar surface area (TPSA) is 28.6 Å². The molecule has 0 N–H and O–H groups in total. The highest BCUT2D eigenvalue weighted by Gasteiger charge is 2.32. The minimum atomic E-state index is -0.760. The van der Waals surface area contributed by atoms with Crippen LogP contribution in [0.3, 0.4) is 0 Å². The number of methoxy groups -OCH3 is 1. The first-order chi connectivity index (χ1) is 12.1. The van der Waals surface area contributed by atoms with E-state index in [2.05, 4.69) is 59.1 Å². The number of benzene rings is 1. The molecular weight excluding hydrogens is 330 g/mol. The van der Waals surface area contributed by atoms with Gasteiger partial charge in [0.05, 0.1) is 18.5 Å². The Morgan fingerprint density at radius 3 is 2.96 bits per heavy atom. The fraction of sp³-hybridized carbons (Fsp3) is 0.350. The van der Waals surface area contributed by atoms with Crippen LogP contribution in [0.4, 0.5) is 0 Å². The normalized spacial score (nSPS) is 24.8. The molecule has 2 aromatic rings. The van der Waals surface area contributed by atoms with Crippen molar-refractivity contribution in [2.24, 2.45) is 0 Å². The molecule has 0 spiro atoms. The summed E-state index contributed by atoms with van der Waals surface area (Å²) in [5.74, 6) is 2.05. The third kappa shape index (κ3) is 3.09. The molecular formula is C20H25N3OS.